The van der Waals surface area contributed by atoms with Gasteiger partial charge in [-0.1, -0.05) is 96.5 Å². The minimum absolute atomic E-state index is 0.181. The maximum Gasteiger partial charge on any atom is 0.248 e. The zero-order chi connectivity index (χ0) is 18.6. The molecule has 0 aromatic heterocycles. The Labute approximate surface area is 162 Å². The van der Waals surface area contributed by atoms with E-state index in [1.165, 1.54) is 89.9 Å². The SMILES string of the molecule is C=C(C)C(=O)N(CCCCC1CCCCC1)CCCCC1CCCCC1. The molecule has 2 heteroatoms. The van der Waals surface area contributed by atoms with Gasteiger partial charge in [-0.05, 0) is 31.6 Å². The van der Waals surface area contributed by atoms with Crippen molar-refractivity contribution in [3.05, 3.63) is 12.2 Å². The molecule has 0 bridgehead atoms. The lowest BCUT2D eigenvalue weighted by Crippen LogP contribution is -2.33. The van der Waals surface area contributed by atoms with Gasteiger partial charge in [0.2, 0.25) is 5.91 Å². The van der Waals surface area contributed by atoms with Crippen LogP contribution in [0.2, 0.25) is 0 Å². The summed E-state index contributed by atoms with van der Waals surface area (Å²) in [5.41, 5.74) is 0.699. The lowest BCUT2D eigenvalue weighted by Gasteiger charge is -2.25. The summed E-state index contributed by atoms with van der Waals surface area (Å²) >= 11 is 0. The lowest BCUT2D eigenvalue weighted by atomic mass is 9.85. The molecule has 0 aromatic rings. The van der Waals surface area contributed by atoms with Crippen LogP contribution < -0.4 is 0 Å². The molecule has 0 unspecified atom stereocenters. The summed E-state index contributed by atoms with van der Waals surface area (Å²) in [7, 11) is 0. The predicted octanol–water partition coefficient (Wildman–Crippen LogP) is 6.89. The number of hydrogen-bond acceptors (Lipinski definition) is 1. The zero-order valence-corrected chi connectivity index (χ0v) is 17.4. The highest BCUT2D eigenvalue weighted by atomic mass is 16.2. The zero-order valence-electron chi connectivity index (χ0n) is 17.4. The average Bonchev–Trinajstić information content (AvgIpc) is 2.67. The molecule has 2 saturated carbocycles. The Hall–Kier alpha value is -0.790. The number of carbonyl (C=O) groups excluding carboxylic acids is 1. The Morgan fingerprint density at radius 1 is 0.769 bits per heavy atom. The van der Waals surface area contributed by atoms with Crippen molar-refractivity contribution < 1.29 is 4.79 Å². The van der Waals surface area contributed by atoms with Gasteiger partial charge in [0, 0.05) is 18.7 Å². The monoisotopic (exact) mass is 361 g/mol. The number of carbonyl (C=O) groups is 1. The van der Waals surface area contributed by atoms with Crippen LogP contribution in [0.3, 0.4) is 0 Å². The highest BCUT2D eigenvalue weighted by Crippen LogP contribution is 2.28. The van der Waals surface area contributed by atoms with E-state index in [1.807, 2.05) is 6.92 Å². The van der Waals surface area contributed by atoms with Crippen molar-refractivity contribution in [2.24, 2.45) is 11.8 Å². The molecule has 0 N–H and O–H groups in total. The molecule has 0 spiro atoms. The molecule has 2 aliphatic carbocycles. The molecule has 0 aliphatic heterocycles. The predicted molar refractivity (Wildman–Crippen MR) is 112 cm³/mol. The Morgan fingerprint density at radius 2 is 1.19 bits per heavy atom. The van der Waals surface area contributed by atoms with Crippen molar-refractivity contribution in [1.29, 1.82) is 0 Å². The third-order valence-electron chi connectivity index (χ3n) is 6.68. The molecule has 2 fully saturated rings. The Balaban J connectivity index is 1.62. The summed E-state index contributed by atoms with van der Waals surface area (Å²) in [4.78, 5) is 14.5. The van der Waals surface area contributed by atoms with Crippen LogP contribution in [0.15, 0.2) is 12.2 Å². The van der Waals surface area contributed by atoms with Gasteiger partial charge in [0.25, 0.3) is 0 Å². The molecule has 0 atom stereocenters. The van der Waals surface area contributed by atoms with Gasteiger partial charge in [-0.2, -0.15) is 0 Å². The van der Waals surface area contributed by atoms with Crippen molar-refractivity contribution in [3.8, 4) is 0 Å². The first-order valence-electron chi connectivity index (χ1n) is 11.6. The largest absolute Gasteiger partial charge is 0.339 e. The molecule has 0 aromatic carbocycles. The molecule has 2 rings (SSSR count). The number of rotatable bonds is 11. The first-order chi connectivity index (χ1) is 12.7. The second-order valence-electron chi connectivity index (χ2n) is 9.07. The van der Waals surface area contributed by atoms with Crippen molar-refractivity contribution in [2.45, 2.75) is 110 Å². The molecule has 26 heavy (non-hydrogen) atoms. The fourth-order valence-electron chi connectivity index (χ4n) is 5.01. The van der Waals surface area contributed by atoms with Gasteiger partial charge in [0.05, 0.1) is 0 Å². The molecule has 2 nitrogen and oxygen atoms in total. The van der Waals surface area contributed by atoms with E-state index in [0.717, 1.165) is 37.8 Å². The van der Waals surface area contributed by atoms with Crippen LogP contribution in [0.25, 0.3) is 0 Å². The summed E-state index contributed by atoms with van der Waals surface area (Å²) in [5, 5.41) is 0. The molecule has 150 valence electrons. The van der Waals surface area contributed by atoms with E-state index in [4.69, 9.17) is 0 Å². The van der Waals surface area contributed by atoms with E-state index < -0.39 is 0 Å². The first kappa shape index (κ1) is 21.5. The fourth-order valence-corrected chi connectivity index (χ4v) is 5.01. The van der Waals surface area contributed by atoms with E-state index in [2.05, 4.69) is 11.5 Å². The molecular weight excluding hydrogens is 318 g/mol. The molecule has 0 radical (unpaired) electrons. The van der Waals surface area contributed by atoms with Crippen LogP contribution in [0.1, 0.15) is 110 Å². The topological polar surface area (TPSA) is 20.3 Å². The highest BCUT2D eigenvalue weighted by Gasteiger charge is 2.17. The van der Waals surface area contributed by atoms with Crippen molar-refractivity contribution in [3.63, 3.8) is 0 Å². The first-order valence-corrected chi connectivity index (χ1v) is 11.6. The number of amides is 1. The molecule has 2 aliphatic rings. The van der Waals surface area contributed by atoms with Crippen LogP contribution in [0.5, 0.6) is 0 Å². The maximum atomic E-state index is 12.5. The molecule has 0 heterocycles. The lowest BCUT2D eigenvalue weighted by molar-refractivity contribution is -0.127. The summed E-state index contributed by atoms with van der Waals surface area (Å²) < 4.78 is 0. The molecule has 1 amide bonds. The summed E-state index contributed by atoms with van der Waals surface area (Å²) in [6.07, 6.45) is 22.0. The van der Waals surface area contributed by atoms with E-state index in [1.54, 1.807) is 0 Å². The van der Waals surface area contributed by atoms with Crippen LogP contribution in [-0.4, -0.2) is 23.9 Å². The second-order valence-corrected chi connectivity index (χ2v) is 9.07. The standard InChI is InChI=1S/C24H43NO/c1-21(2)24(26)25(19-11-9-17-22-13-5-3-6-14-22)20-12-10-18-23-15-7-4-8-16-23/h22-23H,1,3-20H2,2H3. The fraction of sp³-hybridized carbons (Fsp3) is 0.875. The van der Waals surface area contributed by atoms with Gasteiger partial charge < -0.3 is 4.90 Å². The molecule has 0 saturated heterocycles. The van der Waals surface area contributed by atoms with Crippen LogP contribution in [0, 0.1) is 11.8 Å². The smallest absolute Gasteiger partial charge is 0.248 e. The average molecular weight is 362 g/mol. The normalized spacial score (nSPS) is 19.4. The van der Waals surface area contributed by atoms with Gasteiger partial charge in [-0.3, -0.25) is 4.79 Å². The Morgan fingerprint density at radius 3 is 1.58 bits per heavy atom. The van der Waals surface area contributed by atoms with Gasteiger partial charge >= 0.3 is 0 Å². The van der Waals surface area contributed by atoms with Gasteiger partial charge in [0.15, 0.2) is 0 Å². The Kier molecular flexibility index (Phi) is 10.4. The van der Waals surface area contributed by atoms with E-state index in [0.29, 0.717) is 5.57 Å². The second kappa shape index (κ2) is 12.6. The third kappa shape index (κ3) is 8.27. The van der Waals surface area contributed by atoms with Crippen molar-refractivity contribution >= 4 is 5.91 Å². The third-order valence-corrected chi connectivity index (χ3v) is 6.68. The van der Waals surface area contributed by atoms with Gasteiger partial charge in [0.1, 0.15) is 0 Å². The van der Waals surface area contributed by atoms with Gasteiger partial charge in [-0.25, -0.2) is 0 Å². The Bertz CT molecular complexity index is 378. The van der Waals surface area contributed by atoms with Crippen molar-refractivity contribution in [1.82, 2.24) is 4.90 Å². The van der Waals surface area contributed by atoms with Crippen molar-refractivity contribution in [2.75, 3.05) is 13.1 Å². The van der Waals surface area contributed by atoms with Crippen LogP contribution in [0.4, 0.5) is 0 Å². The van der Waals surface area contributed by atoms with E-state index in [-0.39, 0.29) is 5.91 Å². The minimum atomic E-state index is 0.181. The summed E-state index contributed by atoms with van der Waals surface area (Å²) in [6.45, 7) is 7.61. The summed E-state index contributed by atoms with van der Waals surface area (Å²) in [6, 6.07) is 0. The number of unbranched alkanes of at least 4 members (excludes halogenated alkanes) is 2. The number of hydrogen-bond donors (Lipinski definition) is 0. The van der Waals surface area contributed by atoms with Crippen LogP contribution in [-0.2, 0) is 4.79 Å². The van der Waals surface area contributed by atoms with Crippen LogP contribution >= 0.6 is 0 Å². The highest BCUT2D eigenvalue weighted by molar-refractivity contribution is 5.92. The molecular formula is C24H43NO. The quantitative estimate of drug-likeness (QED) is 0.290. The van der Waals surface area contributed by atoms with E-state index in [9.17, 15) is 4.79 Å². The maximum absolute atomic E-state index is 12.5. The summed E-state index contributed by atoms with van der Waals surface area (Å²) in [5.74, 6) is 2.11. The van der Waals surface area contributed by atoms with E-state index >= 15 is 0 Å². The van der Waals surface area contributed by atoms with Gasteiger partial charge in [-0.15, -0.1) is 0 Å². The number of nitrogens with zero attached hydrogens (tertiary/aromatic N) is 1. The minimum Gasteiger partial charge on any atom is -0.339 e.